The van der Waals surface area contributed by atoms with Crippen LogP contribution in [-0.4, -0.2) is 12.6 Å². The van der Waals surface area contributed by atoms with E-state index in [2.05, 4.69) is 15.9 Å². The van der Waals surface area contributed by atoms with Gasteiger partial charge in [-0.3, -0.25) is 0 Å². The Balaban J connectivity index is 1.83. The highest BCUT2D eigenvalue weighted by molar-refractivity contribution is 9.10. The maximum Gasteiger partial charge on any atom is 0.338 e. The van der Waals surface area contributed by atoms with Gasteiger partial charge in [-0.15, -0.1) is 0 Å². The van der Waals surface area contributed by atoms with Crippen molar-refractivity contribution in [2.24, 2.45) is 5.92 Å². The lowest BCUT2D eigenvalue weighted by Crippen LogP contribution is -2.15. The molecule has 0 bridgehead atoms. The van der Waals surface area contributed by atoms with Crippen LogP contribution in [0.25, 0.3) is 0 Å². The van der Waals surface area contributed by atoms with Crippen LogP contribution in [0.1, 0.15) is 36.0 Å². The number of rotatable bonds is 4. The van der Waals surface area contributed by atoms with Gasteiger partial charge in [0.25, 0.3) is 0 Å². The minimum Gasteiger partial charge on any atom is -0.462 e. The van der Waals surface area contributed by atoms with Crippen LogP contribution in [0.15, 0.2) is 22.7 Å². The Morgan fingerprint density at radius 2 is 2.24 bits per heavy atom. The van der Waals surface area contributed by atoms with Gasteiger partial charge in [-0.1, -0.05) is 19.3 Å². The molecule has 0 aliphatic heterocycles. The number of hydrogen-bond donors (Lipinski definition) is 1. The van der Waals surface area contributed by atoms with Crippen molar-refractivity contribution in [2.45, 2.75) is 25.7 Å². The van der Waals surface area contributed by atoms with Crippen LogP contribution in [-0.2, 0) is 4.74 Å². The molecule has 0 radical (unpaired) electrons. The molecule has 1 aliphatic carbocycles. The number of hydrogen-bond acceptors (Lipinski definition) is 3. The van der Waals surface area contributed by atoms with E-state index in [1.165, 1.54) is 19.3 Å². The number of nitrogen functional groups attached to an aromatic ring is 1. The van der Waals surface area contributed by atoms with Crippen molar-refractivity contribution in [1.29, 1.82) is 0 Å². The molecule has 0 spiro atoms. The number of esters is 1. The summed E-state index contributed by atoms with van der Waals surface area (Å²) in [4.78, 5) is 11.7. The van der Waals surface area contributed by atoms with Crippen molar-refractivity contribution in [1.82, 2.24) is 0 Å². The lowest BCUT2D eigenvalue weighted by Gasteiger charge is -2.24. The van der Waals surface area contributed by atoms with E-state index in [-0.39, 0.29) is 5.97 Å². The third-order valence-corrected chi connectivity index (χ3v) is 3.94. The van der Waals surface area contributed by atoms with Gasteiger partial charge in [0.2, 0.25) is 0 Å². The van der Waals surface area contributed by atoms with Gasteiger partial charge in [-0.05, 0) is 46.5 Å². The van der Waals surface area contributed by atoms with Gasteiger partial charge in [-0.2, -0.15) is 0 Å². The first kappa shape index (κ1) is 12.4. The van der Waals surface area contributed by atoms with E-state index in [0.29, 0.717) is 17.9 Å². The predicted octanol–water partition coefficient (Wildman–Crippen LogP) is 3.38. The molecule has 1 aromatic carbocycles. The van der Waals surface area contributed by atoms with E-state index >= 15 is 0 Å². The number of nitrogens with two attached hydrogens (primary N) is 1. The summed E-state index contributed by atoms with van der Waals surface area (Å²) in [6.07, 6.45) is 4.87. The van der Waals surface area contributed by atoms with Crippen molar-refractivity contribution in [3.63, 3.8) is 0 Å². The van der Waals surface area contributed by atoms with E-state index in [1.54, 1.807) is 18.2 Å². The summed E-state index contributed by atoms with van der Waals surface area (Å²) in [5.41, 5.74) is 6.78. The molecule has 1 saturated carbocycles. The van der Waals surface area contributed by atoms with Crippen LogP contribution in [0.2, 0.25) is 0 Å². The molecule has 0 aromatic heterocycles. The Hall–Kier alpha value is -1.03. The summed E-state index contributed by atoms with van der Waals surface area (Å²) in [6.45, 7) is 0.513. The second kappa shape index (κ2) is 5.54. The second-order valence-electron chi connectivity index (χ2n) is 4.46. The molecule has 0 saturated heterocycles. The van der Waals surface area contributed by atoms with Gasteiger partial charge >= 0.3 is 5.97 Å². The van der Waals surface area contributed by atoms with Crippen molar-refractivity contribution < 1.29 is 9.53 Å². The minimum atomic E-state index is -0.288. The van der Waals surface area contributed by atoms with E-state index in [4.69, 9.17) is 10.5 Å². The summed E-state index contributed by atoms with van der Waals surface area (Å²) < 4.78 is 6.01. The number of benzene rings is 1. The first-order chi connectivity index (χ1) is 8.16. The topological polar surface area (TPSA) is 52.3 Å². The zero-order chi connectivity index (χ0) is 12.3. The quantitative estimate of drug-likeness (QED) is 0.685. The van der Waals surface area contributed by atoms with Gasteiger partial charge in [0, 0.05) is 10.2 Å². The molecule has 1 fully saturated rings. The average molecular weight is 298 g/mol. The Morgan fingerprint density at radius 3 is 2.82 bits per heavy atom. The molecule has 0 unspecified atom stereocenters. The fourth-order valence-corrected chi connectivity index (χ4v) is 2.10. The molecule has 17 heavy (non-hydrogen) atoms. The molecule has 4 heteroatoms. The Kier molecular flexibility index (Phi) is 4.05. The van der Waals surface area contributed by atoms with Crippen molar-refractivity contribution in [2.75, 3.05) is 12.3 Å². The van der Waals surface area contributed by atoms with Crippen molar-refractivity contribution in [3.8, 4) is 0 Å². The zero-order valence-corrected chi connectivity index (χ0v) is 11.2. The fourth-order valence-electron chi connectivity index (χ4n) is 1.85. The maximum atomic E-state index is 11.7. The average Bonchev–Trinajstić information content (AvgIpc) is 2.25. The molecule has 0 heterocycles. The number of ether oxygens (including phenoxy) is 1. The maximum absolute atomic E-state index is 11.7. The van der Waals surface area contributed by atoms with E-state index in [9.17, 15) is 4.79 Å². The zero-order valence-electron chi connectivity index (χ0n) is 9.62. The first-order valence-electron chi connectivity index (χ1n) is 5.89. The third kappa shape index (κ3) is 3.22. The van der Waals surface area contributed by atoms with Gasteiger partial charge < -0.3 is 10.5 Å². The normalized spacial score (nSPS) is 15.4. The highest BCUT2D eigenvalue weighted by atomic mass is 79.9. The monoisotopic (exact) mass is 297 g/mol. The smallest absolute Gasteiger partial charge is 0.338 e. The molecular formula is C13H16BrNO2. The molecule has 2 rings (SSSR count). The van der Waals surface area contributed by atoms with Gasteiger partial charge in [-0.25, -0.2) is 4.79 Å². The Labute approximate surface area is 109 Å². The SMILES string of the molecule is Nc1cc(C(=O)OCCC2CCC2)ccc1Br. The Bertz CT molecular complexity index is 416. The van der Waals surface area contributed by atoms with E-state index in [0.717, 1.165) is 16.8 Å². The second-order valence-corrected chi connectivity index (χ2v) is 5.31. The highest BCUT2D eigenvalue weighted by Crippen LogP contribution is 2.29. The number of anilines is 1. The molecule has 0 atom stereocenters. The van der Waals surface area contributed by atoms with Crippen LogP contribution in [0, 0.1) is 5.92 Å². The van der Waals surface area contributed by atoms with Crippen LogP contribution >= 0.6 is 15.9 Å². The molecule has 0 amide bonds. The van der Waals surface area contributed by atoms with Crippen molar-refractivity contribution in [3.05, 3.63) is 28.2 Å². The van der Waals surface area contributed by atoms with Crippen LogP contribution in [0.4, 0.5) is 5.69 Å². The van der Waals surface area contributed by atoms with Gasteiger partial charge in [0.15, 0.2) is 0 Å². The molecule has 2 N–H and O–H groups in total. The summed E-state index contributed by atoms with van der Waals surface area (Å²) in [5.74, 6) is 0.473. The van der Waals surface area contributed by atoms with E-state index < -0.39 is 0 Å². The number of carbonyl (C=O) groups excluding carboxylic acids is 1. The highest BCUT2D eigenvalue weighted by Gasteiger charge is 2.17. The Morgan fingerprint density at radius 1 is 1.47 bits per heavy atom. The van der Waals surface area contributed by atoms with Crippen LogP contribution in [0.5, 0.6) is 0 Å². The molecule has 1 aromatic rings. The van der Waals surface area contributed by atoms with Crippen LogP contribution in [0.3, 0.4) is 0 Å². The number of halogens is 1. The first-order valence-corrected chi connectivity index (χ1v) is 6.68. The van der Waals surface area contributed by atoms with Gasteiger partial charge in [0.1, 0.15) is 0 Å². The van der Waals surface area contributed by atoms with Crippen LogP contribution < -0.4 is 5.73 Å². The molecule has 3 nitrogen and oxygen atoms in total. The molecule has 1 aliphatic rings. The predicted molar refractivity (Wildman–Crippen MR) is 70.8 cm³/mol. The number of carbonyl (C=O) groups is 1. The largest absolute Gasteiger partial charge is 0.462 e. The minimum absolute atomic E-state index is 0.288. The van der Waals surface area contributed by atoms with Crippen molar-refractivity contribution >= 4 is 27.6 Å². The standard InChI is InChI=1S/C13H16BrNO2/c14-11-5-4-10(8-12(11)15)13(16)17-7-6-9-2-1-3-9/h4-5,8-9H,1-3,6-7,15H2. The molecule has 92 valence electrons. The third-order valence-electron chi connectivity index (χ3n) is 3.22. The summed E-state index contributed by atoms with van der Waals surface area (Å²) >= 11 is 3.29. The van der Waals surface area contributed by atoms with E-state index in [1.807, 2.05) is 0 Å². The summed E-state index contributed by atoms with van der Waals surface area (Å²) in [5, 5.41) is 0. The van der Waals surface area contributed by atoms with Gasteiger partial charge in [0.05, 0.1) is 12.2 Å². The lowest BCUT2D eigenvalue weighted by molar-refractivity contribution is 0.0464. The summed E-state index contributed by atoms with van der Waals surface area (Å²) in [7, 11) is 0. The summed E-state index contributed by atoms with van der Waals surface area (Å²) in [6, 6.07) is 5.11. The fraction of sp³-hybridized carbons (Fsp3) is 0.462. The molecular weight excluding hydrogens is 282 g/mol. The lowest BCUT2D eigenvalue weighted by atomic mass is 9.83.